The molecule has 1 amide bonds. The van der Waals surface area contributed by atoms with Crippen molar-refractivity contribution in [2.24, 2.45) is 5.92 Å². The summed E-state index contributed by atoms with van der Waals surface area (Å²) in [4.78, 5) is 24.9. The van der Waals surface area contributed by atoms with Crippen LogP contribution in [-0.2, 0) is 17.6 Å². The monoisotopic (exact) mass is 404 g/mol. The van der Waals surface area contributed by atoms with Crippen molar-refractivity contribution >= 4 is 33.3 Å². The summed E-state index contributed by atoms with van der Waals surface area (Å²) in [6.07, 6.45) is 9.44. The van der Waals surface area contributed by atoms with E-state index in [0.29, 0.717) is 18.9 Å². The van der Waals surface area contributed by atoms with Crippen molar-refractivity contribution < 1.29 is 9.59 Å². The second-order valence-electron chi connectivity index (χ2n) is 7.64. The number of carbonyl (C=O) groups excluding carboxylic acids is 2. The van der Waals surface area contributed by atoms with Crippen LogP contribution in [0.4, 0.5) is 5.69 Å². The van der Waals surface area contributed by atoms with E-state index >= 15 is 0 Å². The number of halogens is 1. The fourth-order valence-electron chi connectivity index (χ4n) is 4.57. The molecule has 4 nitrogen and oxygen atoms in total. The summed E-state index contributed by atoms with van der Waals surface area (Å²) in [5.74, 6) is 0.369. The van der Waals surface area contributed by atoms with E-state index in [2.05, 4.69) is 26.6 Å². The molecule has 2 aliphatic carbocycles. The van der Waals surface area contributed by atoms with Crippen molar-refractivity contribution in [1.82, 2.24) is 5.32 Å². The van der Waals surface area contributed by atoms with Crippen LogP contribution in [0, 0.1) is 5.92 Å². The van der Waals surface area contributed by atoms with Gasteiger partial charge in [0.15, 0.2) is 5.78 Å². The SMILES string of the molecule is O=C1CCc2c(c(Br)cc3c2C(=O)C(CNC2CCCCC2)CC3)N1. The fourth-order valence-corrected chi connectivity index (χ4v) is 5.18. The van der Waals surface area contributed by atoms with Crippen LogP contribution in [0.5, 0.6) is 0 Å². The molecule has 1 aliphatic heterocycles. The van der Waals surface area contributed by atoms with Crippen molar-refractivity contribution in [2.45, 2.75) is 63.8 Å². The minimum absolute atomic E-state index is 0.0342. The topological polar surface area (TPSA) is 58.2 Å². The third kappa shape index (κ3) is 3.41. The number of carbonyl (C=O) groups is 2. The second kappa shape index (κ2) is 7.20. The highest BCUT2D eigenvalue weighted by Crippen LogP contribution is 2.39. The van der Waals surface area contributed by atoms with Crippen molar-refractivity contribution in [3.05, 3.63) is 27.2 Å². The molecule has 1 atom stereocenters. The number of fused-ring (bicyclic) bond motifs is 3. The summed E-state index contributed by atoms with van der Waals surface area (Å²) in [7, 11) is 0. The van der Waals surface area contributed by atoms with Gasteiger partial charge >= 0.3 is 0 Å². The summed E-state index contributed by atoms with van der Waals surface area (Å²) >= 11 is 3.57. The third-order valence-corrected chi connectivity index (χ3v) is 6.59. The Morgan fingerprint density at radius 3 is 2.68 bits per heavy atom. The molecule has 2 N–H and O–H groups in total. The summed E-state index contributed by atoms with van der Waals surface area (Å²) in [5, 5.41) is 6.59. The van der Waals surface area contributed by atoms with Crippen LogP contribution < -0.4 is 10.6 Å². The molecule has 1 unspecified atom stereocenters. The highest BCUT2D eigenvalue weighted by molar-refractivity contribution is 9.10. The lowest BCUT2D eigenvalue weighted by Gasteiger charge is -2.31. The van der Waals surface area contributed by atoms with E-state index in [1.807, 2.05) is 6.07 Å². The summed E-state index contributed by atoms with van der Waals surface area (Å²) in [6.45, 7) is 0.792. The Morgan fingerprint density at radius 2 is 1.88 bits per heavy atom. The maximum atomic E-state index is 13.2. The number of Topliss-reactive ketones (excluding diaryl/α,β-unsaturated/α-hetero) is 1. The van der Waals surface area contributed by atoms with E-state index in [4.69, 9.17) is 0 Å². The maximum absolute atomic E-state index is 13.2. The van der Waals surface area contributed by atoms with E-state index in [-0.39, 0.29) is 17.6 Å². The van der Waals surface area contributed by atoms with Crippen LogP contribution >= 0.6 is 15.9 Å². The van der Waals surface area contributed by atoms with Crippen LogP contribution in [0.25, 0.3) is 0 Å². The molecule has 0 radical (unpaired) electrons. The normalized spacial score (nSPS) is 23.8. The molecular weight excluding hydrogens is 380 g/mol. The van der Waals surface area contributed by atoms with Gasteiger partial charge in [0, 0.05) is 35.0 Å². The van der Waals surface area contributed by atoms with Gasteiger partial charge in [-0.3, -0.25) is 9.59 Å². The second-order valence-corrected chi connectivity index (χ2v) is 8.49. The molecule has 0 saturated heterocycles. The fraction of sp³-hybridized carbons (Fsp3) is 0.600. The first-order chi connectivity index (χ1) is 12.1. The Bertz CT molecular complexity index is 710. The van der Waals surface area contributed by atoms with Crippen molar-refractivity contribution in [3.8, 4) is 0 Å². The lowest BCUT2D eigenvalue weighted by molar-refractivity contribution is -0.116. The van der Waals surface area contributed by atoms with Gasteiger partial charge in [-0.1, -0.05) is 19.3 Å². The van der Waals surface area contributed by atoms with Gasteiger partial charge in [-0.05, 0) is 65.2 Å². The number of nitrogens with one attached hydrogen (secondary N) is 2. The Kier molecular flexibility index (Phi) is 4.96. The largest absolute Gasteiger partial charge is 0.325 e. The maximum Gasteiger partial charge on any atom is 0.224 e. The average molecular weight is 405 g/mol. The van der Waals surface area contributed by atoms with Crippen molar-refractivity contribution in [2.75, 3.05) is 11.9 Å². The molecule has 5 heteroatoms. The molecule has 1 fully saturated rings. The third-order valence-electron chi connectivity index (χ3n) is 5.97. The van der Waals surface area contributed by atoms with E-state index in [1.165, 1.54) is 32.1 Å². The quantitative estimate of drug-likeness (QED) is 0.799. The molecule has 1 aromatic carbocycles. The molecule has 4 rings (SSSR count). The summed E-state index contributed by atoms with van der Waals surface area (Å²) in [6, 6.07) is 2.61. The lowest BCUT2D eigenvalue weighted by Crippen LogP contribution is -2.39. The van der Waals surface area contributed by atoms with Gasteiger partial charge in [0.2, 0.25) is 5.91 Å². The molecule has 1 aromatic rings. The highest BCUT2D eigenvalue weighted by Gasteiger charge is 2.33. The van der Waals surface area contributed by atoms with Gasteiger partial charge in [-0.2, -0.15) is 0 Å². The first-order valence-corrected chi connectivity index (χ1v) is 10.3. The molecule has 134 valence electrons. The van der Waals surface area contributed by atoms with Crippen molar-refractivity contribution in [3.63, 3.8) is 0 Å². The number of hydrogen-bond acceptors (Lipinski definition) is 3. The number of rotatable bonds is 3. The minimum atomic E-state index is 0.0342. The van der Waals surface area contributed by atoms with E-state index in [0.717, 1.165) is 46.2 Å². The van der Waals surface area contributed by atoms with Gasteiger partial charge < -0.3 is 10.6 Å². The van der Waals surface area contributed by atoms with E-state index < -0.39 is 0 Å². The van der Waals surface area contributed by atoms with Crippen LogP contribution in [0.2, 0.25) is 0 Å². The Morgan fingerprint density at radius 1 is 1.08 bits per heavy atom. The lowest BCUT2D eigenvalue weighted by atomic mass is 9.78. The summed E-state index contributed by atoms with van der Waals surface area (Å²) in [5.41, 5.74) is 3.88. The Labute approximate surface area is 157 Å². The van der Waals surface area contributed by atoms with E-state index in [1.54, 1.807) is 0 Å². The zero-order chi connectivity index (χ0) is 17.4. The molecule has 25 heavy (non-hydrogen) atoms. The number of ketones is 1. The van der Waals surface area contributed by atoms with Crippen molar-refractivity contribution in [1.29, 1.82) is 0 Å². The average Bonchev–Trinajstić information content (AvgIpc) is 2.62. The molecule has 1 saturated carbocycles. The Balaban J connectivity index is 1.55. The predicted molar refractivity (Wildman–Crippen MR) is 102 cm³/mol. The molecular formula is C20H25BrN2O2. The minimum Gasteiger partial charge on any atom is -0.325 e. The molecule has 0 aromatic heterocycles. The number of anilines is 1. The zero-order valence-electron chi connectivity index (χ0n) is 14.5. The number of hydrogen-bond donors (Lipinski definition) is 2. The smallest absolute Gasteiger partial charge is 0.224 e. The zero-order valence-corrected chi connectivity index (χ0v) is 16.1. The van der Waals surface area contributed by atoms with Crippen LogP contribution in [0.3, 0.4) is 0 Å². The van der Waals surface area contributed by atoms with Crippen LogP contribution in [0.15, 0.2) is 10.5 Å². The van der Waals surface area contributed by atoms with Crippen LogP contribution in [0.1, 0.15) is 66.4 Å². The van der Waals surface area contributed by atoms with Gasteiger partial charge in [0.1, 0.15) is 0 Å². The highest BCUT2D eigenvalue weighted by atomic mass is 79.9. The summed E-state index contributed by atoms with van der Waals surface area (Å²) < 4.78 is 0.904. The first kappa shape index (κ1) is 17.2. The van der Waals surface area contributed by atoms with Gasteiger partial charge in [-0.15, -0.1) is 0 Å². The van der Waals surface area contributed by atoms with Crippen LogP contribution in [-0.4, -0.2) is 24.3 Å². The van der Waals surface area contributed by atoms with E-state index in [9.17, 15) is 9.59 Å². The Hall–Kier alpha value is -1.20. The number of amides is 1. The molecule has 1 heterocycles. The molecule has 0 bridgehead atoms. The number of benzene rings is 1. The van der Waals surface area contributed by atoms with Gasteiger partial charge in [0.05, 0.1) is 5.69 Å². The standard InChI is InChI=1S/C20H25BrN2O2/c21-16-10-12-6-7-13(11-22-14-4-2-1-3-5-14)20(25)18(12)15-8-9-17(24)23-19(15)16/h10,13-14,22H,1-9,11H2,(H,23,24). The predicted octanol–water partition coefficient (Wildman–Crippen LogP) is 4.00. The number of aryl methyl sites for hydroxylation is 1. The van der Waals surface area contributed by atoms with Gasteiger partial charge in [0.25, 0.3) is 0 Å². The van der Waals surface area contributed by atoms with Gasteiger partial charge in [-0.25, -0.2) is 0 Å². The molecule has 0 spiro atoms. The first-order valence-electron chi connectivity index (χ1n) is 9.55. The molecule has 3 aliphatic rings.